The number of quaternary nitrogens is 1. The number of allylic oxidation sites excluding steroid dienone is 6. The van der Waals surface area contributed by atoms with E-state index in [1.807, 2.05) is 27.2 Å². The minimum absolute atomic E-state index is 0.0435. The lowest BCUT2D eigenvalue weighted by atomic mass is 10.1. The van der Waals surface area contributed by atoms with Crippen molar-refractivity contribution < 1.29 is 38.2 Å². The topological polar surface area (TPSA) is 99.1 Å². The van der Waals surface area contributed by atoms with Crippen LogP contribution in [0.5, 0.6) is 0 Å². The summed E-state index contributed by atoms with van der Waals surface area (Å²) in [7, 11) is 5.51. The van der Waals surface area contributed by atoms with Gasteiger partial charge >= 0.3 is 17.9 Å². The number of esters is 2. The highest BCUT2D eigenvalue weighted by Crippen LogP contribution is 2.14. The summed E-state index contributed by atoms with van der Waals surface area (Å²) in [6.45, 7) is 4.67. The normalized spacial score (nSPS) is 13.2. The van der Waals surface area contributed by atoms with Crippen LogP contribution in [0.1, 0.15) is 200 Å². The van der Waals surface area contributed by atoms with Crippen molar-refractivity contribution in [3.63, 3.8) is 0 Å². The summed E-state index contributed by atoms with van der Waals surface area (Å²) in [6, 6.07) is -0.621. The molecule has 0 aliphatic carbocycles. The predicted octanol–water partition coefficient (Wildman–Crippen LogP) is 12.6. The fraction of sp³-hybridized carbons (Fsp3) is 0.812. The molecular weight excluding hydrogens is 703 g/mol. The van der Waals surface area contributed by atoms with E-state index in [9.17, 15) is 19.5 Å². The van der Waals surface area contributed by atoms with Gasteiger partial charge in [0.25, 0.3) is 0 Å². The first-order valence-corrected chi connectivity index (χ1v) is 23.0. The molecule has 0 aromatic carbocycles. The molecule has 1 N–H and O–H groups in total. The number of carboxylic acids is 1. The Hall–Kier alpha value is -2.45. The van der Waals surface area contributed by atoms with Gasteiger partial charge in [0, 0.05) is 19.3 Å². The molecule has 0 aliphatic heterocycles. The lowest BCUT2D eigenvalue weighted by molar-refractivity contribution is -0.887. The lowest BCUT2D eigenvalue weighted by Crippen LogP contribution is -2.50. The van der Waals surface area contributed by atoms with Crippen LogP contribution in [0.2, 0.25) is 0 Å². The molecule has 326 valence electrons. The van der Waals surface area contributed by atoms with Crippen LogP contribution in [0.4, 0.5) is 0 Å². The second-order valence-corrected chi connectivity index (χ2v) is 16.7. The number of aliphatic carboxylic acids is 1. The number of nitrogens with zero attached hydrogens (tertiary/aromatic N) is 1. The van der Waals surface area contributed by atoms with Crippen molar-refractivity contribution in [2.75, 3.05) is 41.0 Å². The largest absolute Gasteiger partial charge is 0.477 e. The van der Waals surface area contributed by atoms with Crippen LogP contribution in [0.25, 0.3) is 0 Å². The van der Waals surface area contributed by atoms with Gasteiger partial charge in [0.15, 0.2) is 12.1 Å². The van der Waals surface area contributed by atoms with Crippen LogP contribution in [0.15, 0.2) is 36.5 Å². The van der Waals surface area contributed by atoms with E-state index >= 15 is 0 Å². The molecule has 0 heterocycles. The molecule has 56 heavy (non-hydrogen) atoms. The van der Waals surface area contributed by atoms with E-state index in [1.54, 1.807) is 0 Å². The number of carbonyl (C=O) groups is 3. The van der Waals surface area contributed by atoms with Crippen LogP contribution in [-0.2, 0) is 28.6 Å². The number of likely N-dealkylation sites (N-methyl/N-ethyl adjacent to an activating group) is 1. The summed E-state index contributed by atoms with van der Waals surface area (Å²) < 4.78 is 17.2. The van der Waals surface area contributed by atoms with Gasteiger partial charge in [0.2, 0.25) is 0 Å². The summed E-state index contributed by atoms with van der Waals surface area (Å²) in [5.74, 6) is -1.55. The Balaban J connectivity index is 4.36. The Morgan fingerprint density at radius 2 is 0.982 bits per heavy atom. The molecule has 0 bridgehead atoms. The zero-order chi connectivity index (χ0) is 41.4. The summed E-state index contributed by atoms with van der Waals surface area (Å²) in [6.07, 6.45) is 44.9. The van der Waals surface area contributed by atoms with Gasteiger partial charge < -0.3 is 23.8 Å². The molecule has 2 unspecified atom stereocenters. The van der Waals surface area contributed by atoms with Gasteiger partial charge in [-0.15, -0.1) is 0 Å². The Kier molecular flexibility index (Phi) is 37.7. The van der Waals surface area contributed by atoms with Gasteiger partial charge in [-0.2, -0.15) is 0 Å². The molecular formula is C48H88NO7+. The third kappa shape index (κ3) is 37.1. The summed E-state index contributed by atoms with van der Waals surface area (Å²) >= 11 is 0. The smallest absolute Gasteiger partial charge is 0.362 e. The Labute approximate surface area is 344 Å². The molecule has 0 aromatic rings. The van der Waals surface area contributed by atoms with Crippen molar-refractivity contribution >= 4 is 17.9 Å². The van der Waals surface area contributed by atoms with Gasteiger partial charge in [-0.25, -0.2) is 4.79 Å². The van der Waals surface area contributed by atoms with E-state index in [4.69, 9.17) is 14.2 Å². The quantitative estimate of drug-likeness (QED) is 0.0285. The molecule has 8 heteroatoms. The van der Waals surface area contributed by atoms with E-state index in [-0.39, 0.29) is 42.7 Å². The second kappa shape index (κ2) is 39.4. The maximum atomic E-state index is 12.7. The maximum Gasteiger partial charge on any atom is 0.362 e. The van der Waals surface area contributed by atoms with Crippen molar-refractivity contribution in [3.05, 3.63) is 36.5 Å². The summed E-state index contributed by atoms with van der Waals surface area (Å²) in [5.41, 5.74) is 0. The van der Waals surface area contributed by atoms with E-state index in [0.29, 0.717) is 19.3 Å². The van der Waals surface area contributed by atoms with Crippen molar-refractivity contribution in [1.82, 2.24) is 0 Å². The second-order valence-electron chi connectivity index (χ2n) is 16.7. The Bertz CT molecular complexity index is 1020. The molecule has 2 atom stereocenters. The highest BCUT2D eigenvalue weighted by Gasteiger charge is 2.31. The van der Waals surface area contributed by atoms with E-state index < -0.39 is 18.1 Å². The average molecular weight is 791 g/mol. The number of rotatable bonds is 41. The fourth-order valence-electron chi connectivity index (χ4n) is 6.67. The van der Waals surface area contributed by atoms with Gasteiger partial charge in [-0.05, 0) is 57.8 Å². The number of hydrogen-bond donors (Lipinski definition) is 1. The zero-order valence-corrected chi connectivity index (χ0v) is 37.1. The first-order chi connectivity index (χ1) is 27.1. The predicted molar refractivity (Wildman–Crippen MR) is 234 cm³/mol. The van der Waals surface area contributed by atoms with Gasteiger partial charge in [0.05, 0.1) is 34.4 Å². The van der Waals surface area contributed by atoms with Crippen LogP contribution in [0, 0.1) is 0 Å². The molecule has 0 saturated carbocycles. The molecule has 0 rings (SSSR count). The first-order valence-electron chi connectivity index (χ1n) is 23.0. The monoisotopic (exact) mass is 791 g/mol. The molecule has 0 fully saturated rings. The third-order valence-corrected chi connectivity index (χ3v) is 10.3. The maximum absolute atomic E-state index is 12.7. The molecule has 0 saturated heterocycles. The van der Waals surface area contributed by atoms with E-state index in [1.165, 1.54) is 128 Å². The van der Waals surface area contributed by atoms with Gasteiger partial charge in [0.1, 0.15) is 6.61 Å². The molecule has 0 amide bonds. The molecule has 0 aliphatic rings. The Morgan fingerprint density at radius 3 is 1.46 bits per heavy atom. The number of unbranched alkanes of at least 4 members (excludes halogenated alkanes) is 21. The summed E-state index contributed by atoms with van der Waals surface area (Å²) in [5, 5.41) is 9.62. The zero-order valence-electron chi connectivity index (χ0n) is 37.1. The van der Waals surface area contributed by atoms with E-state index in [2.05, 4.69) is 44.2 Å². The standard InChI is InChI=1S/C48H87NO7/c1-6-8-10-12-14-16-18-20-21-22-23-24-25-27-29-31-33-35-37-39-47(51)56-44(42-54-41-40-45(48(52)53)49(3,4)5)43-55-46(50)38-36-34-32-30-28-26-19-17-15-13-11-9-7-2/h22-23,26,28,32,34,44-45H,6-21,24-25,27,29-31,33,35-43H2,1-5H3/p+1/b23-22+,28-26+,34-32+. The van der Waals surface area contributed by atoms with Crippen molar-refractivity contribution in [1.29, 1.82) is 0 Å². The first kappa shape index (κ1) is 53.6. The van der Waals surface area contributed by atoms with Crippen molar-refractivity contribution in [2.45, 2.75) is 212 Å². The summed E-state index contributed by atoms with van der Waals surface area (Å²) in [4.78, 5) is 36.9. The van der Waals surface area contributed by atoms with Crippen molar-refractivity contribution in [2.24, 2.45) is 0 Å². The van der Waals surface area contributed by atoms with Crippen LogP contribution in [0.3, 0.4) is 0 Å². The molecule has 0 spiro atoms. The lowest BCUT2D eigenvalue weighted by Gasteiger charge is -2.31. The van der Waals surface area contributed by atoms with Gasteiger partial charge in [-0.3, -0.25) is 9.59 Å². The average Bonchev–Trinajstić information content (AvgIpc) is 3.15. The third-order valence-electron chi connectivity index (χ3n) is 10.3. The number of carbonyl (C=O) groups excluding carboxylic acids is 2. The Morgan fingerprint density at radius 1 is 0.536 bits per heavy atom. The van der Waals surface area contributed by atoms with Crippen LogP contribution in [-0.4, -0.2) is 80.6 Å². The minimum Gasteiger partial charge on any atom is -0.477 e. The number of ether oxygens (including phenoxy) is 3. The number of hydrogen-bond acceptors (Lipinski definition) is 6. The number of carboxylic acid groups (broad SMARTS) is 1. The minimum atomic E-state index is -0.881. The molecule has 0 aromatic heterocycles. The fourth-order valence-corrected chi connectivity index (χ4v) is 6.67. The highest BCUT2D eigenvalue weighted by molar-refractivity contribution is 5.72. The molecule has 0 radical (unpaired) electrons. The van der Waals surface area contributed by atoms with Crippen LogP contribution < -0.4 is 0 Å². The van der Waals surface area contributed by atoms with Crippen LogP contribution >= 0.6 is 0 Å². The SMILES string of the molecule is CCCCCCCC/C=C/C/C=C/CCC(=O)OCC(COCCC(C(=O)O)[N+](C)(C)C)OC(=O)CCCCCCCCC/C=C/CCCCCCCCCC. The molecule has 8 nitrogen and oxygen atoms in total. The van der Waals surface area contributed by atoms with Gasteiger partial charge in [-0.1, -0.05) is 159 Å². The van der Waals surface area contributed by atoms with E-state index in [0.717, 1.165) is 32.1 Å². The highest BCUT2D eigenvalue weighted by atomic mass is 16.6. The van der Waals surface area contributed by atoms with Crippen molar-refractivity contribution in [3.8, 4) is 0 Å².